The molecule has 0 aliphatic carbocycles. The third kappa shape index (κ3) is 4.65. The zero-order valence-corrected chi connectivity index (χ0v) is 21.5. The number of guanidine groups is 1. The standard InChI is InChI=1S/C24H25Cl2F3N6S/c25-16-6-5-7-17(26)18(16)35-19-20(30)34(15-10-8-14(9-11-15)24(27,28)29)23(32-21(19)36-22(35)31)33-12-3-1-2-4-13-33/h5-11,20,22H,1-4,12-13,30-31H2. The van der Waals surface area contributed by atoms with Gasteiger partial charge in [-0.05, 0) is 49.2 Å². The third-order valence-electron chi connectivity index (χ3n) is 6.48. The number of alkyl halides is 3. The first kappa shape index (κ1) is 25.5. The predicted molar refractivity (Wildman–Crippen MR) is 141 cm³/mol. The molecule has 6 nitrogen and oxygen atoms in total. The first-order chi connectivity index (χ1) is 17.2. The summed E-state index contributed by atoms with van der Waals surface area (Å²) in [5, 5.41) is 1.46. The highest BCUT2D eigenvalue weighted by molar-refractivity contribution is 8.04. The van der Waals surface area contributed by atoms with Gasteiger partial charge in [0.2, 0.25) is 5.96 Å². The van der Waals surface area contributed by atoms with Crippen molar-refractivity contribution in [2.24, 2.45) is 16.5 Å². The maximum Gasteiger partial charge on any atom is 0.416 e. The van der Waals surface area contributed by atoms with Crippen LogP contribution in [0.2, 0.25) is 10.0 Å². The van der Waals surface area contributed by atoms with Crippen LogP contribution in [0.3, 0.4) is 0 Å². The summed E-state index contributed by atoms with van der Waals surface area (Å²) < 4.78 is 39.8. The normalized spacial score (nSPS) is 23.1. The Morgan fingerprint density at radius 1 is 0.889 bits per heavy atom. The van der Waals surface area contributed by atoms with E-state index in [2.05, 4.69) is 4.90 Å². The van der Waals surface area contributed by atoms with E-state index in [0.29, 0.717) is 38.1 Å². The van der Waals surface area contributed by atoms with Crippen LogP contribution in [0.1, 0.15) is 31.2 Å². The van der Waals surface area contributed by atoms with E-state index in [1.54, 1.807) is 28.0 Å². The fraction of sp³-hybridized carbons (Fsp3) is 0.375. The number of benzene rings is 2. The highest BCUT2D eigenvalue weighted by Crippen LogP contribution is 2.48. The van der Waals surface area contributed by atoms with Crippen molar-refractivity contribution in [1.82, 2.24) is 4.90 Å². The molecule has 3 aliphatic heterocycles. The van der Waals surface area contributed by atoms with Gasteiger partial charge in [-0.2, -0.15) is 13.2 Å². The Hall–Kier alpha value is -2.11. The van der Waals surface area contributed by atoms with Crippen LogP contribution in [0, 0.1) is 0 Å². The molecule has 2 aromatic rings. The summed E-state index contributed by atoms with van der Waals surface area (Å²) >= 11 is 14.4. The van der Waals surface area contributed by atoms with Crippen molar-refractivity contribution in [3.63, 3.8) is 0 Å². The van der Waals surface area contributed by atoms with Crippen LogP contribution in [0.15, 0.2) is 58.2 Å². The number of para-hydroxylation sites is 1. The molecule has 0 aromatic heterocycles. The summed E-state index contributed by atoms with van der Waals surface area (Å²) in [6.07, 6.45) is -1.01. The molecule has 1 fully saturated rings. The highest BCUT2D eigenvalue weighted by Gasteiger charge is 2.44. The summed E-state index contributed by atoms with van der Waals surface area (Å²) in [4.78, 5) is 10.7. The molecule has 2 unspecified atom stereocenters. The molecule has 0 saturated carbocycles. The lowest BCUT2D eigenvalue weighted by atomic mass is 10.1. The second-order valence-corrected chi connectivity index (χ2v) is 10.7. The van der Waals surface area contributed by atoms with Crippen molar-refractivity contribution in [2.75, 3.05) is 22.9 Å². The Morgan fingerprint density at radius 3 is 2.08 bits per heavy atom. The smallest absolute Gasteiger partial charge is 0.342 e. The number of hydrogen-bond donors (Lipinski definition) is 2. The largest absolute Gasteiger partial charge is 0.416 e. The van der Waals surface area contributed by atoms with Crippen LogP contribution in [0.4, 0.5) is 24.5 Å². The average molecular weight is 557 g/mol. The van der Waals surface area contributed by atoms with Crippen molar-refractivity contribution in [3.8, 4) is 0 Å². The summed E-state index contributed by atoms with van der Waals surface area (Å²) in [5.74, 6) is 0.606. The second-order valence-electron chi connectivity index (χ2n) is 8.81. The highest BCUT2D eigenvalue weighted by atomic mass is 35.5. The van der Waals surface area contributed by atoms with E-state index in [1.165, 1.54) is 23.9 Å². The third-order valence-corrected chi connectivity index (χ3v) is 8.07. The second kappa shape index (κ2) is 9.98. The molecule has 0 spiro atoms. The first-order valence-corrected chi connectivity index (χ1v) is 13.3. The number of hydrogen-bond acceptors (Lipinski definition) is 7. The lowest BCUT2D eigenvalue weighted by Crippen LogP contribution is -2.58. The summed E-state index contributed by atoms with van der Waals surface area (Å²) in [6, 6.07) is 10.1. The van der Waals surface area contributed by atoms with Gasteiger partial charge in [0.25, 0.3) is 0 Å². The van der Waals surface area contributed by atoms with E-state index in [0.717, 1.165) is 50.9 Å². The molecule has 2 atom stereocenters. The number of thioether (sulfide) groups is 1. The van der Waals surface area contributed by atoms with Crippen LogP contribution in [-0.4, -0.2) is 35.6 Å². The molecule has 12 heteroatoms. The van der Waals surface area contributed by atoms with Crippen LogP contribution in [0.25, 0.3) is 0 Å². The van der Waals surface area contributed by atoms with E-state index in [1.807, 2.05) is 0 Å². The van der Waals surface area contributed by atoms with Crippen molar-refractivity contribution in [2.45, 2.75) is 43.5 Å². The molecule has 5 rings (SSSR count). The summed E-state index contributed by atoms with van der Waals surface area (Å²) in [5.41, 5.74) is 13.7. The summed E-state index contributed by atoms with van der Waals surface area (Å²) in [6.45, 7) is 1.56. The van der Waals surface area contributed by atoms with Gasteiger partial charge in [-0.25, -0.2) is 4.99 Å². The fourth-order valence-electron chi connectivity index (χ4n) is 4.76. The minimum absolute atomic E-state index is 0.405. The lowest BCUT2D eigenvalue weighted by Gasteiger charge is -2.42. The minimum Gasteiger partial charge on any atom is -0.342 e. The SMILES string of the molecule is NC1SC2=C(C(N)N(c3ccc(C(F)(F)F)cc3)C(N3CCCCCC3)=N2)N1c1c(Cl)cccc1Cl. The number of rotatable bonds is 2. The van der Waals surface area contributed by atoms with Crippen LogP contribution in [-0.2, 0) is 6.18 Å². The molecule has 0 amide bonds. The zero-order valence-electron chi connectivity index (χ0n) is 19.2. The topological polar surface area (TPSA) is 74.1 Å². The van der Waals surface area contributed by atoms with Gasteiger partial charge in [0.1, 0.15) is 16.7 Å². The molecule has 2 aromatic carbocycles. The van der Waals surface area contributed by atoms with Crippen LogP contribution < -0.4 is 21.3 Å². The molecular formula is C24H25Cl2F3N6S. The average Bonchev–Trinajstić information content (AvgIpc) is 2.99. The molecule has 3 heterocycles. The van der Waals surface area contributed by atoms with E-state index in [-0.39, 0.29) is 0 Å². The van der Waals surface area contributed by atoms with E-state index in [9.17, 15) is 13.2 Å². The number of nitrogens with zero attached hydrogens (tertiary/aromatic N) is 4. The fourth-order valence-corrected chi connectivity index (χ4v) is 6.37. The Labute approximate surface area is 221 Å². The van der Waals surface area contributed by atoms with E-state index >= 15 is 0 Å². The van der Waals surface area contributed by atoms with Crippen LogP contribution >= 0.6 is 35.0 Å². The summed E-state index contributed by atoms with van der Waals surface area (Å²) in [7, 11) is 0. The van der Waals surface area contributed by atoms with Gasteiger partial charge in [-0.1, -0.05) is 53.9 Å². The van der Waals surface area contributed by atoms with E-state index in [4.69, 9.17) is 39.7 Å². The zero-order chi connectivity index (χ0) is 25.6. The molecule has 3 aliphatic rings. The molecule has 0 bridgehead atoms. The molecule has 36 heavy (non-hydrogen) atoms. The number of aliphatic imine (C=N–C) groups is 1. The molecule has 0 radical (unpaired) electrons. The molecule has 1 saturated heterocycles. The number of anilines is 2. The van der Waals surface area contributed by atoms with Gasteiger partial charge in [0, 0.05) is 18.8 Å². The van der Waals surface area contributed by atoms with Gasteiger partial charge < -0.3 is 21.3 Å². The molecule has 4 N–H and O–H groups in total. The predicted octanol–water partition coefficient (Wildman–Crippen LogP) is 6.01. The lowest BCUT2D eigenvalue weighted by molar-refractivity contribution is -0.137. The maximum atomic E-state index is 13.3. The van der Waals surface area contributed by atoms with Crippen molar-refractivity contribution >= 4 is 52.3 Å². The van der Waals surface area contributed by atoms with Gasteiger partial charge in [-0.15, -0.1) is 0 Å². The quantitative estimate of drug-likeness (QED) is 0.471. The number of likely N-dealkylation sites (tertiary alicyclic amines) is 1. The Morgan fingerprint density at radius 2 is 1.50 bits per heavy atom. The van der Waals surface area contributed by atoms with Crippen LogP contribution in [0.5, 0.6) is 0 Å². The van der Waals surface area contributed by atoms with Crippen molar-refractivity contribution < 1.29 is 13.2 Å². The van der Waals surface area contributed by atoms with E-state index < -0.39 is 23.4 Å². The molecule has 192 valence electrons. The maximum absolute atomic E-state index is 13.3. The van der Waals surface area contributed by atoms with Crippen molar-refractivity contribution in [1.29, 1.82) is 0 Å². The van der Waals surface area contributed by atoms with Gasteiger partial charge >= 0.3 is 6.18 Å². The van der Waals surface area contributed by atoms with Crippen molar-refractivity contribution in [3.05, 3.63) is 68.8 Å². The van der Waals surface area contributed by atoms with Gasteiger partial charge in [-0.3, -0.25) is 4.90 Å². The Kier molecular flexibility index (Phi) is 7.08. The van der Waals surface area contributed by atoms with Gasteiger partial charge in [0.15, 0.2) is 0 Å². The Bertz CT molecular complexity index is 1180. The number of nitrogens with two attached hydrogens (primary N) is 2. The Balaban J connectivity index is 1.62. The minimum atomic E-state index is -4.44. The molecular weight excluding hydrogens is 532 g/mol. The number of halogens is 5. The van der Waals surface area contributed by atoms with Gasteiger partial charge in [0.05, 0.1) is 27.0 Å². The first-order valence-electron chi connectivity index (χ1n) is 11.6. The monoisotopic (exact) mass is 556 g/mol.